The molecule has 1 rings (SSSR count). The third kappa shape index (κ3) is 3.39. The SMILES string of the molecule is COC[C@@H]1O[C@H](OC)[C@H](NC(C)=O)[C@@H](OC)[C@@H]1O. The topological polar surface area (TPSA) is 86.2 Å². The van der Waals surface area contributed by atoms with Gasteiger partial charge < -0.3 is 29.4 Å². The predicted octanol–water partition coefficient (Wildman–Crippen LogP) is -1.12. The molecule has 7 heteroatoms. The summed E-state index contributed by atoms with van der Waals surface area (Å²) in [6, 6.07) is -0.569. The average molecular weight is 263 g/mol. The van der Waals surface area contributed by atoms with Crippen molar-refractivity contribution < 1.29 is 28.8 Å². The molecule has 1 fully saturated rings. The summed E-state index contributed by atoms with van der Waals surface area (Å²) in [5.41, 5.74) is 0. The number of hydrogen-bond donors (Lipinski definition) is 2. The molecule has 0 spiro atoms. The van der Waals surface area contributed by atoms with Crippen molar-refractivity contribution in [3.05, 3.63) is 0 Å². The average Bonchev–Trinajstić information content (AvgIpc) is 2.32. The van der Waals surface area contributed by atoms with Gasteiger partial charge in [0, 0.05) is 28.3 Å². The molecular formula is C11H21NO6. The molecular weight excluding hydrogens is 242 g/mol. The maximum absolute atomic E-state index is 11.2. The lowest BCUT2D eigenvalue weighted by molar-refractivity contribution is -0.267. The number of ether oxygens (including phenoxy) is 4. The zero-order chi connectivity index (χ0) is 13.7. The fourth-order valence-corrected chi connectivity index (χ4v) is 2.09. The summed E-state index contributed by atoms with van der Waals surface area (Å²) >= 11 is 0. The van der Waals surface area contributed by atoms with E-state index in [0.29, 0.717) is 0 Å². The highest BCUT2D eigenvalue weighted by Crippen LogP contribution is 2.24. The van der Waals surface area contributed by atoms with Crippen molar-refractivity contribution in [2.45, 2.75) is 37.6 Å². The van der Waals surface area contributed by atoms with Crippen molar-refractivity contribution in [3.8, 4) is 0 Å². The van der Waals surface area contributed by atoms with Gasteiger partial charge >= 0.3 is 0 Å². The van der Waals surface area contributed by atoms with Crippen molar-refractivity contribution in [1.29, 1.82) is 0 Å². The Kier molecular flexibility index (Phi) is 5.97. The van der Waals surface area contributed by atoms with Crippen molar-refractivity contribution in [3.63, 3.8) is 0 Å². The van der Waals surface area contributed by atoms with Gasteiger partial charge in [0.2, 0.25) is 5.91 Å². The number of aliphatic hydroxyl groups excluding tert-OH is 1. The molecule has 7 nitrogen and oxygen atoms in total. The molecule has 106 valence electrons. The Morgan fingerprint density at radius 1 is 1.33 bits per heavy atom. The maximum atomic E-state index is 11.2. The number of aliphatic hydroxyl groups is 1. The molecule has 1 aliphatic heterocycles. The molecule has 0 bridgehead atoms. The summed E-state index contributed by atoms with van der Waals surface area (Å²) in [4.78, 5) is 11.2. The van der Waals surface area contributed by atoms with Crippen LogP contribution in [0.5, 0.6) is 0 Å². The molecule has 0 aromatic carbocycles. The summed E-state index contributed by atoms with van der Waals surface area (Å²) in [7, 11) is 4.44. The monoisotopic (exact) mass is 263 g/mol. The van der Waals surface area contributed by atoms with Crippen molar-refractivity contribution in [1.82, 2.24) is 5.32 Å². The lowest BCUT2D eigenvalue weighted by atomic mass is 9.96. The Bertz CT molecular complexity index is 274. The minimum absolute atomic E-state index is 0.216. The van der Waals surface area contributed by atoms with Crippen LogP contribution in [0.3, 0.4) is 0 Å². The summed E-state index contributed by atoms with van der Waals surface area (Å²) < 4.78 is 20.9. The van der Waals surface area contributed by atoms with E-state index in [1.807, 2.05) is 0 Å². The van der Waals surface area contributed by atoms with Crippen LogP contribution in [0.1, 0.15) is 6.92 Å². The van der Waals surface area contributed by atoms with Crippen LogP contribution in [0.25, 0.3) is 0 Å². The van der Waals surface area contributed by atoms with Crippen molar-refractivity contribution in [2.75, 3.05) is 27.9 Å². The summed E-state index contributed by atoms with van der Waals surface area (Å²) in [5, 5.41) is 12.8. The minimum atomic E-state index is -0.904. The van der Waals surface area contributed by atoms with Crippen molar-refractivity contribution in [2.24, 2.45) is 0 Å². The molecule has 0 aromatic rings. The van der Waals surface area contributed by atoms with Crippen LogP contribution in [0, 0.1) is 0 Å². The van der Waals surface area contributed by atoms with E-state index in [1.54, 1.807) is 0 Å². The zero-order valence-corrected chi connectivity index (χ0v) is 11.1. The van der Waals surface area contributed by atoms with Gasteiger partial charge in [-0.2, -0.15) is 0 Å². The normalized spacial score (nSPS) is 36.4. The number of carbonyl (C=O) groups excluding carboxylic acids is 1. The fraction of sp³-hybridized carbons (Fsp3) is 0.909. The summed E-state index contributed by atoms with van der Waals surface area (Å²) in [6.45, 7) is 1.60. The Hall–Kier alpha value is -0.730. The Morgan fingerprint density at radius 2 is 2.00 bits per heavy atom. The van der Waals surface area contributed by atoms with E-state index in [1.165, 1.54) is 28.3 Å². The number of nitrogens with one attached hydrogen (secondary N) is 1. The molecule has 1 amide bonds. The van der Waals surface area contributed by atoms with Gasteiger partial charge in [-0.05, 0) is 0 Å². The zero-order valence-electron chi connectivity index (χ0n) is 11.1. The molecule has 0 unspecified atom stereocenters. The predicted molar refractivity (Wildman–Crippen MR) is 62.0 cm³/mol. The number of methoxy groups -OCH3 is 3. The number of amides is 1. The fourth-order valence-electron chi connectivity index (χ4n) is 2.09. The first-order valence-corrected chi connectivity index (χ1v) is 5.70. The molecule has 1 heterocycles. The van der Waals surface area contributed by atoms with Gasteiger partial charge in [0.15, 0.2) is 6.29 Å². The molecule has 1 aliphatic rings. The minimum Gasteiger partial charge on any atom is -0.388 e. The van der Waals surface area contributed by atoms with Crippen LogP contribution in [0.4, 0.5) is 0 Å². The second-order valence-electron chi connectivity index (χ2n) is 4.15. The summed E-state index contributed by atoms with van der Waals surface area (Å²) in [5.74, 6) is -0.245. The van der Waals surface area contributed by atoms with Crippen LogP contribution in [0.2, 0.25) is 0 Å². The highest BCUT2D eigenvalue weighted by atomic mass is 16.7. The molecule has 0 radical (unpaired) electrons. The molecule has 5 atom stereocenters. The Balaban J connectivity index is 2.84. The van der Waals surface area contributed by atoms with Gasteiger partial charge in [-0.25, -0.2) is 0 Å². The number of carbonyl (C=O) groups is 1. The van der Waals surface area contributed by atoms with Crippen molar-refractivity contribution >= 4 is 5.91 Å². The second kappa shape index (κ2) is 7.01. The van der Waals surface area contributed by atoms with E-state index in [4.69, 9.17) is 18.9 Å². The van der Waals surface area contributed by atoms with Crippen LogP contribution < -0.4 is 5.32 Å². The second-order valence-corrected chi connectivity index (χ2v) is 4.15. The van der Waals surface area contributed by atoms with Gasteiger partial charge in [-0.1, -0.05) is 0 Å². The van der Waals surface area contributed by atoms with Gasteiger partial charge in [-0.3, -0.25) is 4.79 Å². The van der Waals surface area contributed by atoms with E-state index in [0.717, 1.165) is 0 Å². The summed E-state index contributed by atoms with van der Waals surface area (Å²) in [6.07, 6.45) is -2.77. The highest BCUT2D eigenvalue weighted by Gasteiger charge is 2.46. The van der Waals surface area contributed by atoms with E-state index >= 15 is 0 Å². The smallest absolute Gasteiger partial charge is 0.217 e. The van der Waals surface area contributed by atoms with E-state index < -0.39 is 30.6 Å². The van der Waals surface area contributed by atoms with Crippen LogP contribution in [-0.2, 0) is 23.7 Å². The van der Waals surface area contributed by atoms with E-state index in [-0.39, 0.29) is 12.5 Å². The van der Waals surface area contributed by atoms with Gasteiger partial charge in [0.05, 0.1) is 6.61 Å². The standard InChI is InChI=1S/C11H21NO6/c1-6(13)12-8-10(16-3)9(14)7(5-15-2)18-11(8)17-4/h7-11,14H,5H2,1-4H3,(H,12,13)/t7-,8+,9+,10+,11-/m0/s1. The number of hydrogen-bond acceptors (Lipinski definition) is 6. The third-order valence-corrected chi connectivity index (χ3v) is 2.88. The van der Waals surface area contributed by atoms with E-state index in [2.05, 4.69) is 5.32 Å². The molecule has 18 heavy (non-hydrogen) atoms. The highest BCUT2D eigenvalue weighted by molar-refractivity contribution is 5.73. The largest absolute Gasteiger partial charge is 0.388 e. The molecule has 0 saturated carbocycles. The third-order valence-electron chi connectivity index (χ3n) is 2.88. The van der Waals surface area contributed by atoms with Crippen LogP contribution >= 0.6 is 0 Å². The number of rotatable bonds is 5. The van der Waals surface area contributed by atoms with Gasteiger partial charge in [0.1, 0.15) is 24.4 Å². The lowest BCUT2D eigenvalue weighted by Crippen LogP contribution is -2.65. The van der Waals surface area contributed by atoms with E-state index in [9.17, 15) is 9.90 Å². The van der Waals surface area contributed by atoms with Gasteiger partial charge in [-0.15, -0.1) is 0 Å². The van der Waals surface area contributed by atoms with Gasteiger partial charge in [0.25, 0.3) is 0 Å². The molecule has 2 N–H and O–H groups in total. The molecule has 0 aliphatic carbocycles. The molecule has 1 saturated heterocycles. The Labute approximate surface area is 106 Å². The van der Waals surface area contributed by atoms with Crippen LogP contribution in [-0.4, -0.2) is 69.6 Å². The maximum Gasteiger partial charge on any atom is 0.217 e. The first kappa shape index (κ1) is 15.3. The lowest BCUT2D eigenvalue weighted by Gasteiger charge is -2.43. The first-order valence-electron chi connectivity index (χ1n) is 5.70. The van der Waals surface area contributed by atoms with Crippen LogP contribution in [0.15, 0.2) is 0 Å². The quantitative estimate of drug-likeness (QED) is 0.654. The first-order chi connectivity index (χ1) is 8.54. The Morgan fingerprint density at radius 3 is 2.44 bits per heavy atom. The molecule has 0 aromatic heterocycles.